The molecule has 1 aliphatic rings. The Morgan fingerprint density at radius 3 is 2.66 bits per heavy atom. The molecule has 1 aliphatic carbocycles. The molecule has 1 fully saturated rings. The van der Waals surface area contributed by atoms with E-state index in [4.69, 9.17) is 5.11 Å². The Morgan fingerprint density at radius 1 is 1.17 bits per heavy atom. The van der Waals surface area contributed by atoms with Gasteiger partial charge in [0.05, 0.1) is 24.2 Å². The number of rotatable bonds is 7. The van der Waals surface area contributed by atoms with Gasteiger partial charge in [-0.05, 0) is 48.2 Å². The van der Waals surface area contributed by atoms with E-state index in [2.05, 4.69) is 15.4 Å². The van der Waals surface area contributed by atoms with Crippen molar-refractivity contribution in [1.29, 1.82) is 0 Å². The maximum Gasteiger partial charge on any atom is 0.228 e. The first-order valence-electron chi connectivity index (χ1n) is 9.18. The summed E-state index contributed by atoms with van der Waals surface area (Å²) in [6.07, 6.45) is 6.90. The van der Waals surface area contributed by atoms with Crippen molar-refractivity contribution in [2.24, 2.45) is 5.92 Å². The number of aliphatic hydroxyl groups excluding tert-OH is 1. The van der Waals surface area contributed by atoms with Gasteiger partial charge in [0.1, 0.15) is 4.90 Å². The Morgan fingerprint density at radius 2 is 1.97 bits per heavy atom. The molecule has 3 aromatic rings. The van der Waals surface area contributed by atoms with Crippen LogP contribution < -0.4 is 5.32 Å². The Hall–Kier alpha value is -3.04. The van der Waals surface area contributed by atoms with Gasteiger partial charge in [0.15, 0.2) is 0 Å². The highest BCUT2D eigenvalue weighted by molar-refractivity contribution is 7.91. The minimum atomic E-state index is -3.72. The summed E-state index contributed by atoms with van der Waals surface area (Å²) in [5.74, 6) is -0.00137. The first-order chi connectivity index (χ1) is 14.0. The van der Waals surface area contributed by atoms with Gasteiger partial charge in [-0.25, -0.2) is 8.42 Å². The van der Waals surface area contributed by atoms with Crippen molar-refractivity contribution in [1.82, 2.24) is 14.8 Å². The van der Waals surface area contributed by atoms with Gasteiger partial charge in [-0.1, -0.05) is 6.07 Å². The van der Waals surface area contributed by atoms with Gasteiger partial charge < -0.3 is 10.4 Å². The molecule has 150 valence electrons. The molecule has 2 N–H and O–H groups in total. The summed E-state index contributed by atoms with van der Waals surface area (Å²) in [4.78, 5) is 16.7. The molecule has 1 saturated carbocycles. The summed E-state index contributed by atoms with van der Waals surface area (Å²) in [7, 11) is -3.72. The van der Waals surface area contributed by atoms with Crippen LogP contribution in [0.1, 0.15) is 17.9 Å². The number of hydrogen-bond acceptors (Lipinski definition) is 6. The summed E-state index contributed by atoms with van der Waals surface area (Å²) < 4.78 is 26.8. The summed E-state index contributed by atoms with van der Waals surface area (Å²) in [5, 5.41) is 15.7. The van der Waals surface area contributed by atoms with Gasteiger partial charge in [-0.15, -0.1) is 0 Å². The van der Waals surface area contributed by atoms with Gasteiger partial charge in [-0.2, -0.15) is 5.10 Å². The van der Waals surface area contributed by atoms with Crippen LogP contribution in [0.5, 0.6) is 0 Å². The number of nitrogens with one attached hydrogen (secondary N) is 1. The molecule has 2 aromatic heterocycles. The third kappa shape index (κ3) is 4.06. The first-order valence-corrected chi connectivity index (χ1v) is 10.7. The molecule has 0 radical (unpaired) electrons. The van der Waals surface area contributed by atoms with Gasteiger partial charge in [0.2, 0.25) is 15.7 Å². The Balaban J connectivity index is 1.42. The highest BCUT2D eigenvalue weighted by Crippen LogP contribution is 2.47. The zero-order valence-corrected chi connectivity index (χ0v) is 16.3. The topological polar surface area (TPSA) is 114 Å². The van der Waals surface area contributed by atoms with E-state index in [1.807, 2.05) is 12.1 Å². The number of nitrogens with zero attached hydrogens (tertiary/aromatic N) is 3. The molecule has 2 atom stereocenters. The summed E-state index contributed by atoms with van der Waals surface area (Å²) in [6.45, 7) is 0.0971. The molecule has 0 bridgehead atoms. The second-order valence-corrected chi connectivity index (χ2v) is 8.86. The van der Waals surface area contributed by atoms with Crippen molar-refractivity contribution in [3.8, 4) is 0 Å². The number of benzene rings is 1. The highest BCUT2D eigenvalue weighted by Gasteiger charge is 2.44. The lowest BCUT2D eigenvalue weighted by molar-refractivity contribution is -0.117. The fraction of sp³-hybridized carbons (Fsp3) is 0.250. The molecule has 29 heavy (non-hydrogen) atoms. The number of sulfone groups is 1. The van der Waals surface area contributed by atoms with Crippen LogP contribution in [-0.2, 0) is 21.2 Å². The fourth-order valence-electron chi connectivity index (χ4n) is 3.25. The molecule has 8 nitrogen and oxygen atoms in total. The van der Waals surface area contributed by atoms with Crippen LogP contribution in [-0.4, -0.2) is 40.8 Å². The van der Waals surface area contributed by atoms with E-state index in [1.165, 1.54) is 29.2 Å². The number of carbonyl (C=O) groups is 1. The molecular formula is C20H20N4O4S. The SMILES string of the molecule is O=C(Nc1ccc(S(=O)(=O)c2cnn(CCO)c2)cc1)C1CC1c1cccnc1. The first kappa shape index (κ1) is 19.3. The Bertz CT molecular complexity index is 1110. The third-order valence-electron chi connectivity index (χ3n) is 4.92. The van der Waals surface area contributed by atoms with Gasteiger partial charge in [0, 0.05) is 30.2 Å². The van der Waals surface area contributed by atoms with Crippen molar-refractivity contribution in [2.75, 3.05) is 11.9 Å². The zero-order chi connectivity index (χ0) is 20.4. The predicted octanol–water partition coefficient (Wildman–Crippen LogP) is 1.85. The Labute approximate surface area is 168 Å². The monoisotopic (exact) mass is 412 g/mol. The standard InChI is InChI=1S/C20H20N4O4S/c25-9-8-24-13-17(12-22-24)29(27,28)16-5-3-15(4-6-16)23-20(26)19-10-18(19)14-2-1-7-21-11-14/h1-7,11-13,18-19,25H,8-10H2,(H,23,26). The van der Waals surface area contributed by atoms with Crippen LogP contribution >= 0.6 is 0 Å². The van der Waals surface area contributed by atoms with Crippen LogP contribution in [0.2, 0.25) is 0 Å². The molecule has 1 aromatic carbocycles. The molecule has 2 heterocycles. The lowest BCUT2D eigenvalue weighted by Gasteiger charge is -2.07. The molecule has 0 saturated heterocycles. The highest BCUT2D eigenvalue weighted by atomic mass is 32.2. The number of aliphatic hydroxyl groups is 1. The molecule has 0 spiro atoms. The maximum absolute atomic E-state index is 12.7. The lowest BCUT2D eigenvalue weighted by Crippen LogP contribution is -2.14. The molecular weight excluding hydrogens is 392 g/mol. The minimum absolute atomic E-state index is 0.0556. The van der Waals surface area contributed by atoms with E-state index in [1.54, 1.807) is 24.5 Å². The second-order valence-electron chi connectivity index (χ2n) is 6.91. The second kappa shape index (κ2) is 7.76. The quantitative estimate of drug-likeness (QED) is 0.612. The number of carbonyl (C=O) groups excluding carboxylic acids is 1. The maximum atomic E-state index is 12.7. The summed E-state index contributed by atoms with van der Waals surface area (Å²) in [6, 6.07) is 9.89. The van der Waals surface area contributed by atoms with Crippen LogP contribution in [0.15, 0.2) is 71.0 Å². The van der Waals surface area contributed by atoms with E-state index < -0.39 is 9.84 Å². The van der Waals surface area contributed by atoms with E-state index in [0.717, 1.165) is 12.0 Å². The van der Waals surface area contributed by atoms with Crippen molar-refractivity contribution < 1.29 is 18.3 Å². The van der Waals surface area contributed by atoms with Gasteiger partial charge in [0.25, 0.3) is 0 Å². The largest absolute Gasteiger partial charge is 0.394 e. The number of amides is 1. The molecule has 2 unspecified atom stereocenters. The molecule has 4 rings (SSSR count). The van der Waals surface area contributed by atoms with Crippen molar-refractivity contribution in [3.05, 3.63) is 66.7 Å². The number of anilines is 1. The van der Waals surface area contributed by atoms with Crippen LogP contribution in [0.4, 0.5) is 5.69 Å². The average molecular weight is 412 g/mol. The average Bonchev–Trinajstić information content (AvgIpc) is 3.40. The summed E-state index contributed by atoms with van der Waals surface area (Å²) in [5.41, 5.74) is 1.59. The molecule has 9 heteroatoms. The number of aromatic nitrogens is 3. The van der Waals surface area contributed by atoms with E-state index >= 15 is 0 Å². The van der Waals surface area contributed by atoms with Gasteiger partial charge >= 0.3 is 0 Å². The van der Waals surface area contributed by atoms with E-state index in [9.17, 15) is 13.2 Å². The fourth-order valence-corrected chi connectivity index (χ4v) is 4.46. The minimum Gasteiger partial charge on any atom is -0.394 e. The van der Waals surface area contributed by atoms with Crippen molar-refractivity contribution in [2.45, 2.75) is 28.7 Å². The van der Waals surface area contributed by atoms with Crippen molar-refractivity contribution >= 4 is 21.4 Å². The van der Waals surface area contributed by atoms with Crippen molar-refractivity contribution in [3.63, 3.8) is 0 Å². The lowest BCUT2D eigenvalue weighted by atomic mass is 10.1. The number of pyridine rings is 1. The smallest absolute Gasteiger partial charge is 0.228 e. The number of hydrogen-bond donors (Lipinski definition) is 2. The Kier molecular flexibility index (Phi) is 5.16. The van der Waals surface area contributed by atoms with Gasteiger partial charge in [-0.3, -0.25) is 14.5 Å². The van der Waals surface area contributed by atoms with E-state index in [-0.39, 0.29) is 40.7 Å². The van der Waals surface area contributed by atoms with E-state index in [0.29, 0.717) is 5.69 Å². The van der Waals surface area contributed by atoms with Crippen LogP contribution in [0, 0.1) is 5.92 Å². The molecule has 1 amide bonds. The zero-order valence-electron chi connectivity index (χ0n) is 15.5. The normalized spacial score (nSPS) is 18.4. The summed E-state index contributed by atoms with van der Waals surface area (Å²) >= 11 is 0. The predicted molar refractivity (Wildman–Crippen MR) is 105 cm³/mol. The molecule has 0 aliphatic heterocycles. The third-order valence-corrected chi connectivity index (χ3v) is 6.65. The van der Waals surface area contributed by atoms with Crippen LogP contribution in [0.25, 0.3) is 0 Å². The van der Waals surface area contributed by atoms with Crippen LogP contribution in [0.3, 0.4) is 0 Å².